The van der Waals surface area contributed by atoms with Gasteiger partial charge < -0.3 is 14.8 Å². The fraction of sp³-hybridized carbons (Fsp3) is 0.167. The molecule has 3 aromatic carbocycles. The highest BCUT2D eigenvalue weighted by Crippen LogP contribution is 2.44. The Labute approximate surface area is 237 Å². The maximum absolute atomic E-state index is 13.3. The number of carbonyl (C=O) groups is 2. The second-order valence-electron chi connectivity index (χ2n) is 9.65. The lowest BCUT2D eigenvalue weighted by Gasteiger charge is -2.25. The summed E-state index contributed by atoms with van der Waals surface area (Å²) < 4.78 is 32.3. The summed E-state index contributed by atoms with van der Waals surface area (Å²) in [5.41, 5.74) is 4.29. The minimum absolute atomic E-state index is 0.0158. The summed E-state index contributed by atoms with van der Waals surface area (Å²) in [4.78, 5) is 32.5. The third kappa shape index (κ3) is 5.31. The van der Waals surface area contributed by atoms with Crippen LogP contribution >= 0.6 is 0 Å². The van der Waals surface area contributed by atoms with Crippen LogP contribution < -0.4 is 24.6 Å². The summed E-state index contributed by atoms with van der Waals surface area (Å²) in [5, 5.41) is 5.63. The predicted octanol–water partition coefficient (Wildman–Crippen LogP) is 4.17. The number of nitrogens with one attached hydrogen (secondary N) is 2. The first-order valence-electron chi connectivity index (χ1n) is 13.2. The smallest absolute Gasteiger partial charge is 0.340 e. The Morgan fingerprint density at radius 1 is 0.829 bits per heavy atom. The lowest BCUT2D eigenvalue weighted by molar-refractivity contribution is 0.251. The first kappa shape index (κ1) is 26.3. The lowest BCUT2D eigenvalue weighted by Crippen LogP contribution is -2.29. The molecule has 11 heteroatoms. The highest BCUT2D eigenvalue weighted by molar-refractivity contribution is 7.87. The summed E-state index contributed by atoms with van der Waals surface area (Å²) in [7, 11) is -4.26. The van der Waals surface area contributed by atoms with Crippen LogP contribution in [0.15, 0.2) is 96.2 Å². The van der Waals surface area contributed by atoms with E-state index in [4.69, 9.17) is 4.18 Å². The number of hydrogen-bond acceptors (Lipinski definition) is 6. The van der Waals surface area contributed by atoms with Crippen molar-refractivity contribution in [2.45, 2.75) is 11.3 Å². The number of benzene rings is 3. The Kier molecular flexibility index (Phi) is 7.02. The molecule has 41 heavy (non-hydrogen) atoms. The fourth-order valence-electron chi connectivity index (χ4n) is 5.13. The summed E-state index contributed by atoms with van der Waals surface area (Å²) in [6.07, 6.45) is 3.21. The Morgan fingerprint density at radius 2 is 1.59 bits per heavy atom. The number of hydrogen-bond donors (Lipinski definition) is 2. The SMILES string of the molecule is O=C1NCCN1c1cccc(-c2c(Cc3ccccc3)ccc(OS(=O)(=O)c3cccnc3)c2N2CCNC2=O)c1. The van der Waals surface area contributed by atoms with Crippen molar-refractivity contribution in [2.75, 3.05) is 36.0 Å². The van der Waals surface area contributed by atoms with Gasteiger partial charge in [0.15, 0.2) is 5.75 Å². The van der Waals surface area contributed by atoms with Gasteiger partial charge in [0.2, 0.25) is 0 Å². The highest BCUT2D eigenvalue weighted by Gasteiger charge is 2.32. The van der Waals surface area contributed by atoms with Crippen molar-refractivity contribution in [3.05, 3.63) is 102 Å². The average molecular weight is 570 g/mol. The number of pyridine rings is 1. The number of anilines is 2. The highest BCUT2D eigenvalue weighted by atomic mass is 32.2. The molecule has 0 atom stereocenters. The van der Waals surface area contributed by atoms with Crippen LogP contribution in [-0.2, 0) is 16.5 Å². The summed E-state index contributed by atoms with van der Waals surface area (Å²) in [6, 6.07) is 23.1. The summed E-state index contributed by atoms with van der Waals surface area (Å²) in [6.45, 7) is 1.77. The third-order valence-corrected chi connectivity index (χ3v) is 8.23. The summed E-state index contributed by atoms with van der Waals surface area (Å²) >= 11 is 0. The van der Waals surface area contributed by atoms with Crippen LogP contribution in [-0.4, -0.2) is 51.6 Å². The van der Waals surface area contributed by atoms with Crippen LogP contribution in [0.2, 0.25) is 0 Å². The Hall–Kier alpha value is -4.90. The van der Waals surface area contributed by atoms with Crippen molar-refractivity contribution in [3.8, 4) is 16.9 Å². The maximum atomic E-state index is 13.3. The predicted molar refractivity (Wildman–Crippen MR) is 155 cm³/mol. The molecule has 4 amide bonds. The van der Waals surface area contributed by atoms with E-state index >= 15 is 0 Å². The zero-order chi connectivity index (χ0) is 28.4. The molecule has 2 saturated heterocycles. The van der Waals surface area contributed by atoms with Gasteiger partial charge in [-0.05, 0) is 53.4 Å². The average Bonchev–Trinajstić information content (AvgIpc) is 3.62. The van der Waals surface area contributed by atoms with Crippen molar-refractivity contribution < 1.29 is 22.2 Å². The van der Waals surface area contributed by atoms with Gasteiger partial charge >= 0.3 is 22.2 Å². The largest absolute Gasteiger partial charge is 0.377 e. The molecular weight excluding hydrogens is 542 g/mol. The van der Waals surface area contributed by atoms with Gasteiger partial charge in [0.05, 0.1) is 5.69 Å². The van der Waals surface area contributed by atoms with Gasteiger partial charge in [-0.15, -0.1) is 0 Å². The van der Waals surface area contributed by atoms with Crippen LogP contribution in [0, 0.1) is 0 Å². The second-order valence-corrected chi connectivity index (χ2v) is 11.2. The number of nitrogens with zero attached hydrogens (tertiary/aromatic N) is 3. The monoisotopic (exact) mass is 569 g/mol. The van der Waals surface area contributed by atoms with E-state index in [0.29, 0.717) is 55.1 Å². The molecule has 1 aromatic heterocycles. The molecule has 2 aliphatic heterocycles. The summed E-state index contributed by atoms with van der Waals surface area (Å²) in [5.74, 6) is 0.0158. The van der Waals surface area contributed by atoms with Crippen molar-refractivity contribution >= 4 is 33.6 Å². The topological polar surface area (TPSA) is 121 Å². The fourth-order valence-corrected chi connectivity index (χ4v) is 6.03. The van der Waals surface area contributed by atoms with Crippen LogP contribution in [0.25, 0.3) is 11.1 Å². The van der Waals surface area contributed by atoms with Gasteiger partial charge in [0.25, 0.3) is 0 Å². The van der Waals surface area contributed by atoms with Crippen LogP contribution in [0.4, 0.5) is 21.0 Å². The zero-order valence-corrected chi connectivity index (χ0v) is 22.8. The van der Waals surface area contributed by atoms with Gasteiger partial charge in [-0.1, -0.05) is 48.5 Å². The molecular formula is C30H27N5O5S. The molecule has 208 valence electrons. The number of carbonyl (C=O) groups excluding carboxylic acids is 2. The van der Waals surface area contributed by atoms with Gasteiger partial charge in [0.1, 0.15) is 4.90 Å². The van der Waals surface area contributed by atoms with Crippen molar-refractivity contribution in [1.29, 1.82) is 0 Å². The molecule has 0 aliphatic carbocycles. The van der Waals surface area contributed by atoms with E-state index in [1.54, 1.807) is 11.0 Å². The first-order valence-corrected chi connectivity index (χ1v) is 14.6. The number of rotatable bonds is 8. The van der Waals surface area contributed by atoms with Crippen LogP contribution in [0.5, 0.6) is 5.75 Å². The zero-order valence-electron chi connectivity index (χ0n) is 22.0. The number of amides is 4. The number of aromatic nitrogens is 1. The van der Waals surface area contributed by atoms with E-state index in [2.05, 4.69) is 15.6 Å². The normalized spacial score (nSPS) is 15.1. The van der Waals surface area contributed by atoms with E-state index in [9.17, 15) is 18.0 Å². The Morgan fingerprint density at radius 3 is 2.27 bits per heavy atom. The quantitative estimate of drug-likeness (QED) is 0.308. The molecule has 2 aliphatic rings. The van der Waals surface area contributed by atoms with E-state index in [-0.39, 0.29) is 22.7 Å². The molecule has 0 unspecified atom stereocenters. The van der Waals surface area contributed by atoms with E-state index in [1.807, 2.05) is 60.7 Å². The lowest BCUT2D eigenvalue weighted by atomic mass is 9.92. The third-order valence-electron chi connectivity index (χ3n) is 7.02. The molecule has 6 rings (SSSR count). The van der Waals surface area contributed by atoms with E-state index < -0.39 is 10.1 Å². The Balaban J connectivity index is 1.56. The van der Waals surface area contributed by atoms with E-state index in [1.165, 1.54) is 29.4 Å². The van der Waals surface area contributed by atoms with Crippen molar-refractivity contribution in [2.24, 2.45) is 0 Å². The van der Waals surface area contributed by atoms with E-state index in [0.717, 1.165) is 11.1 Å². The molecule has 10 nitrogen and oxygen atoms in total. The first-order chi connectivity index (χ1) is 19.9. The molecule has 0 saturated carbocycles. The van der Waals surface area contributed by atoms with Crippen molar-refractivity contribution in [1.82, 2.24) is 15.6 Å². The van der Waals surface area contributed by atoms with Gasteiger partial charge in [-0.25, -0.2) is 9.59 Å². The van der Waals surface area contributed by atoms with Crippen LogP contribution in [0.3, 0.4) is 0 Å². The maximum Gasteiger partial charge on any atom is 0.340 e. The van der Waals surface area contributed by atoms with Gasteiger partial charge in [-0.3, -0.25) is 14.8 Å². The standard InChI is InChI=1S/C30H27N5O5S/c36-29-32-14-16-34(29)24-9-4-8-22(19-24)27-23(18-21-6-2-1-3-7-21)11-12-26(28(27)35-17-15-33-30(35)37)40-41(38,39)25-10-5-13-31-20-25/h1-13,19-20H,14-18H2,(H,32,36)(H,33,37). The molecule has 0 radical (unpaired) electrons. The number of urea groups is 2. The molecule has 3 heterocycles. The molecule has 4 aromatic rings. The molecule has 2 fully saturated rings. The van der Waals surface area contributed by atoms with Gasteiger partial charge in [-0.2, -0.15) is 8.42 Å². The molecule has 0 bridgehead atoms. The second kappa shape index (κ2) is 10.9. The van der Waals surface area contributed by atoms with Crippen LogP contribution in [0.1, 0.15) is 11.1 Å². The molecule has 0 spiro atoms. The molecule has 2 N–H and O–H groups in total. The van der Waals surface area contributed by atoms with Crippen molar-refractivity contribution in [3.63, 3.8) is 0 Å². The Bertz CT molecular complexity index is 1710. The minimum atomic E-state index is -4.26. The van der Waals surface area contributed by atoms with Gasteiger partial charge in [0, 0.05) is 49.8 Å². The minimum Gasteiger partial charge on any atom is -0.377 e.